The lowest BCUT2D eigenvalue weighted by Gasteiger charge is -2.25. The monoisotopic (exact) mass is 191 g/mol. The van der Waals surface area contributed by atoms with Crippen molar-refractivity contribution in [3.8, 4) is 0 Å². The first-order valence-electron chi connectivity index (χ1n) is 4.79. The number of ether oxygens (including phenoxy) is 1. The van der Waals surface area contributed by atoms with E-state index in [2.05, 4.69) is 18.0 Å². The molecule has 0 saturated carbocycles. The molecule has 1 heterocycles. The maximum atomic E-state index is 10.6. The molecule has 0 aliphatic heterocycles. The van der Waals surface area contributed by atoms with Crippen LogP contribution in [0.1, 0.15) is 36.7 Å². The Balaban J connectivity index is 2.09. The standard InChI is InChI=1S/C11H13NO2/c1-7-5-9-3-4-10(12-11(7)9)6-14-8(2)13/h3-4,7H,5-6H2,1-2H3. The maximum Gasteiger partial charge on any atom is 0.303 e. The van der Waals surface area contributed by atoms with E-state index in [1.54, 1.807) is 0 Å². The van der Waals surface area contributed by atoms with Gasteiger partial charge in [0.25, 0.3) is 0 Å². The zero-order valence-electron chi connectivity index (χ0n) is 8.41. The number of pyridine rings is 1. The average molecular weight is 191 g/mol. The Morgan fingerprint density at radius 3 is 3.07 bits per heavy atom. The number of esters is 1. The molecular weight excluding hydrogens is 178 g/mol. The summed E-state index contributed by atoms with van der Waals surface area (Å²) in [6.07, 6.45) is 1.12. The Labute approximate surface area is 83.1 Å². The van der Waals surface area contributed by atoms with E-state index in [1.807, 2.05) is 6.07 Å². The smallest absolute Gasteiger partial charge is 0.303 e. The molecule has 1 aromatic heterocycles. The zero-order chi connectivity index (χ0) is 10.1. The van der Waals surface area contributed by atoms with Crippen LogP contribution in [0.2, 0.25) is 0 Å². The van der Waals surface area contributed by atoms with Crippen LogP contribution in [-0.4, -0.2) is 11.0 Å². The summed E-state index contributed by atoms with van der Waals surface area (Å²) in [5, 5.41) is 0. The van der Waals surface area contributed by atoms with Gasteiger partial charge in [-0.05, 0) is 18.1 Å². The summed E-state index contributed by atoms with van der Waals surface area (Å²) < 4.78 is 4.88. The van der Waals surface area contributed by atoms with Gasteiger partial charge in [0.2, 0.25) is 0 Å². The van der Waals surface area contributed by atoms with Gasteiger partial charge in [-0.15, -0.1) is 0 Å². The van der Waals surface area contributed by atoms with E-state index in [0.717, 1.165) is 17.8 Å². The van der Waals surface area contributed by atoms with Crippen LogP contribution in [0.15, 0.2) is 12.1 Å². The van der Waals surface area contributed by atoms with E-state index in [9.17, 15) is 4.79 Å². The van der Waals surface area contributed by atoms with Crippen LogP contribution < -0.4 is 0 Å². The van der Waals surface area contributed by atoms with Crippen molar-refractivity contribution in [3.63, 3.8) is 0 Å². The van der Waals surface area contributed by atoms with Crippen LogP contribution in [0, 0.1) is 0 Å². The third-order valence-electron chi connectivity index (χ3n) is 2.49. The van der Waals surface area contributed by atoms with E-state index in [1.165, 1.54) is 12.5 Å². The number of carbonyl (C=O) groups is 1. The third-order valence-corrected chi connectivity index (χ3v) is 2.49. The maximum absolute atomic E-state index is 10.6. The van der Waals surface area contributed by atoms with Gasteiger partial charge in [0.05, 0.1) is 5.69 Å². The second-order valence-electron chi connectivity index (χ2n) is 3.73. The van der Waals surface area contributed by atoms with Gasteiger partial charge < -0.3 is 4.74 Å². The predicted octanol–water partition coefficient (Wildman–Crippen LogP) is 1.80. The Kier molecular flexibility index (Phi) is 2.23. The second-order valence-corrected chi connectivity index (χ2v) is 3.73. The van der Waals surface area contributed by atoms with E-state index in [-0.39, 0.29) is 12.6 Å². The number of fused-ring (bicyclic) bond motifs is 1. The highest BCUT2D eigenvalue weighted by Gasteiger charge is 2.23. The summed E-state index contributed by atoms with van der Waals surface area (Å²) in [6.45, 7) is 3.85. The van der Waals surface area contributed by atoms with Crippen LogP contribution in [0.25, 0.3) is 0 Å². The molecule has 0 aromatic carbocycles. The van der Waals surface area contributed by atoms with Crippen molar-refractivity contribution in [2.45, 2.75) is 32.8 Å². The molecule has 0 radical (unpaired) electrons. The van der Waals surface area contributed by atoms with Gasteiger partial charge in [-0.25, -0.2) is 0 Å². The first kappa shape index (κ1) is 9.19. The molecule has 14 heavy (non-hydrogen) atoms. The van der Waals surface area contributed by atoms with Crippen molar-refractivity contribution in [2.75, 3.05) is 0 Å². The average Bonchev–Trinajstić information content (AvgIpc) is 2.14. The van der Waals surface area contributed by atoms with E-state index < -0.39 is 0 Å². The molecule has 0 saturated heterocycles. The van der Waals surface area contributed by atoms with Crippen LogP contribution in [0.4, 0.5) is 0 Å². The Morgan fingerprint density at radius 1 is 1.64 bits per heavy atom. The minimum atomic E-state index is -0.262. The highest BCUT2D eigenvalue weighted by molar-refractivity contribution is 5.65. The molecule has 1 aliphatic rings. The summed E-state index contributed by atoms with van der Waals surface area (Å²) in [4.78, 5) is 15.0. The summed E-state index contributed by atoms with van der Waals surface area (Å²) in [5.74, 6) is 0.296. The number of aromatic nitrogens is 1. The molecule has 1 unspecified atom stereocenters. The van der Waals surface area contributed by atoms with Gasteiger partial charge in [0.15, 0.2) is 0 Å². The molecule has 0 amide bonds. The first-order valence-corrected chi connectivity index (χ1v) is 4.79. The van der Waals surface area contributed by atoms with Crippen molar-refractivity contribution < 1.29 is 9.53 Å². The van der Waals surface area contributed by atoms with Crippen molar-refractivity contribution >= 4 is 5.97 Å². The SMILES string of the molecule is CC(=O)OCc1ccc2c(n1)C(C)C2. The quantitative estimate of drug-likeness (QED) is 0.669. The Hall–Kier alpha value is -1.38. The largest absolute Gasteiger partial charge is 0.459 e. The van der Waals surface area contributed by atoms with Gasteiger partial charge in [-0.1, -0.05) is 13.0 Å². The summed E-state index contributed by atoms with van der Waals surface area (Å²) >= 11 is 0. The topological polar surface area (TPSA) is 39.2 Å². The molecule has 3 heteroatoms. The highest BCUT2D eigenvalue weighted by Crippen LogP contribution is 2.32. The Bertz CT molecular complexity index is 374. The molecule has 3 nitrogen and oxygen atoms in total. The number of hydrogen-bond donors (Lipinski definition) is 0. The third kappa shape index (κ3) is 1.62. The normalized spacial score (nSPS) is 18.3. The molecule has 1 aliphatic carbocycles. The minimum absolute atomic E-state index is 0.262. The van der Waals surface area contributed by atoms with E-state index >= 15 is 0 Å². The van der Waals surface area contributed by atoms with Gasteiger partial charge in [0.1, 0.15) is 6.61 Å². The second kappa shape index (κ2) is 3.40. The van der Waals surface area contributed by atoms with Gasteiger partial charge >= 0.3 is 5.97 Å². The van der Waals surface area contributed by atoms with E-state index in [0.29, 0.717) is 5.92 Å². The number of carbonyl (C=O) groups excluding carboxylic acids is 1. The van der Waals surface area contributed by atoms with Crippen LogP contribution in [0.5, 0.6) is 0 Å². The molecule has 0 N–H and O–H groups in total. The molecule has 0 fully saturated rings. The number of hydrogen-bond acceptors (Lipinski definition) is 3. The lowest BCUT2D eigenvalue weighted by atomic mass is 9.83. The highest BCUT2D eigenvalue weighted by atomic mass is 16.5. The fourth-order valence-corrected chi connectivity index (χ4v) is 1.70. The van der Waals surface area contributed by atoms with Crippen molar-refractivity contribution in [1.82, 2.24) is 4.98 Å². The molecule has 2 rings (SSSR count). The van der Waals surface area contributed by atoms with Gasteiger partial charge in [0, 0.05) is 18.5 Å². The molecule has 0 bridgehead atoms. The number of rotatable bonds is 2. The van der Waals surface area contributed by atoms with Crippen LogP contribution in [-0.2, 0) is 22.6 Å². The lowest BCUT2D eigenvalue weighted by Crippen LogP contribution is -2.17. The molecule has 0 spiro atoms. The van der Waals surface area contributed by atoms with Crippen molar-refractivity contribution in [1.29, 1.82) is 0 Å². The van der Waals surface area contributed by atoms with Crippen molar-refractivity contribution in [2.24, 2.45) is 0 Å². The van der Waals surface area contributed by atoms with E-state index in [4.69, 9.17) is 4.74 Å². The predicted molar refractivity (Wildman–Crippen MR) is 51.8 cm³/mol. The zero-order valence-corrected chi connectivity index (χ0v) is 8.41. The lowest BCUT2D eigenvalue weighted by molar-refractivity contribution is -0.142. The molecule has 1 aromatic rings. The number of nitrogens with zero attached hydrogens (tertiary/aromatic N) is 1. The summed E-state index contributed by atoms with van der Waals surface area (Å²) in [6, 6.07) is 3.99. The van der Waals surface area contributed by atoms with Gasteiger partial charge in [-0.2, -0.15) is 0 Å². The molecule has 1 atom stereocenters. The minimum Gasteiger partial charge on any atom is -0.459 e. The van der Waals surface area contributed by atoms with Crippen LogP contribution in [0.3, 0.4) is 0 Å². The fraction of sp³-hybridized carbons (Fsp3) is 0.455. The summed E-state index contributed by atoms with van der Waals surface area (Å²) in [7, 11) is 0. The summed E-state index contributed by atoms with van der Waals surface area (Å²) in [5.41, 5.74) is 3.32. The molecular formula is C11H13NO2. The van der Waals surface area contributed by atoms with Crippen molar-refractivity contribution in [3.05, 3.63) is 29.1 Å². The fourth-order valence-electron chi connectivity index (χ4n) is 1.70. The van der Waals surface area contributed by atoms with Gasteiger partial charge in [-0.3, -0.25) is 9.78 Å². The molecule has 74 valence electrons. The van der Waals surface area contributed by atoms with Crippen LogP contribution >= 0.6 is 0 Å². The first-order chi connectivity index (χ1) is 6.66. The Morgan fingerprint density at radius 2 is 2.43 bits per heavy atom.